The summed E-state index contributed by atoms with van der Waals surface area (Å²) in [6.07, 6.45) is 3.44. The molecule has 7 heteroatoms. The highest BCUT2D eigenvalue weighted by Crippen LogP contribution is 2.37. The van der Waals surface area contributed by atoms with Gasteiger partial charge in [-0.3, -0.25) is 4.79 Å². The summed E-state index contributed by atoms with van der Waals surface area (Å²) >= 11 is 0. The lowest BCUT2D eigenvalue weighted by Crippen LogP contribution is -2.17. The predicted octanol–water partition coefficient (Wildman–Crippen LogP) is 1.33. The molecule has 2 heterocycles. The fraction of sp³-hybridized carbons (Fsp3) is 0.438. The fourth-order valence-corrected chi connectivity index (χ4v) is 2.88. The molecular formula is C16H18N4O3. The number of hydrogen-bond acceptors (Lipinski definition) is 5. The second-order valence-electron chi connectivity index (χ2n) is 5.90. The number of hydrogen-bond donors (Lipinski definition) is 1. The highest BCUT2D eigenvalue weighted by atomic mass is 16.6. The monoisotopic (exact) mass is 314 g/mol. The van der Waals surface area contributed by atoms with Gasteiger partial charge in [0.15, 0.2) is 17.3 Å². The van der Waals surface area contributed by atoms with Gasteiger partial charge in [-0.25, -0.2) is 9.67 Å². The van der Waals surface area contributed by atoms with E-state index in [1.807, 2.05) is 18.2 Å². The molecule has 1 saturated carbocycles. The highest BCUT2D eigenvalue weighted by molar-refractivity contribution is 5.75. The molecule has 120 valence electrons. The zero-order valence-corrected chi connectivity index (χ0v) is 12.7. The zero-order chi connectivity index (χ0) is 15.8. The minimum absolute atomic E-state index is 0.0528. The maximum Gasteiger partial charge on any atom is 0.225 e. The van der Waals surface area contributed by atoms with Gasteiger partial charge in [0.05, 0.1) is 12.1 Å². The Morgan fingerprint density at radius 1 is 1.26 bits per heavy atom. The van der Waals surface area contributed by atoms with Gasteiger partial charge in [-0.2, -0.15) is 5.10 Å². The van der Waals surface area contributed by atoms with Crippen molar-refractivity contribution in [2.45, 2.75) is 31.6 Å². The molecule has 7 nitrogen and oxygen atoms in total. The van der Waals surface area contributed by atoms with Crippen LogP contribution in [0.5, 0.6) is 11.5 Å². The van der Waals surface area contributed by atoms with E-state index in [0.717, 1.165) is 30.1 Å². The van der Waals surface area contributed by atoms with Gasteiger partial charge >= 0.3 is 0 Å². The molecule has 4 rings (SSSR count). The number of benzene rings is 1. The molecule has 0 spiro atoms. The molecule has 1 aliphatic carbocycles. The van der Waals surface area contributed by atoms with Crippen LogP contribution in [0.3, 0.4) is 0 Å². The number of nitrogens with zero attached hydrogens (tertiary/aromatic N) is 3. The number of fused-ring (bicyclic) bond motifs is 1. The van der Waals surface area contributed by atoms with Gasteiger partial charge in [0, 0.05) is 12.0 Å². The maximum atomic E-state index is 11.2. The number of carbonyl (C=O) groups excluding carboxylic acids is 1. The second kappa shape index (κ2) is 5.57. The maximum absolute atomic E-state index is 11.2. The third-order valence-corrected chi connectivity index (χ3v) is 4.25. The minimum atomic E-state index is -0.426. The molecule has 1 amide bonds. The molecule has 0 atom stereocenters. The van der Waals surface area contributed by atoms with Crippen molar-refractivity contribution in [1.29, 1.82) is 0 Å². The first kappa shape index (κ1) is 14.0. The number of rotatable bonds is 4. The first-order valence-corrected chi connectivity index (χ1v) is 7.85. The van der Waals surface area contributed by atoms with Crippen LogP contribution in [-0.2, 0) is 11.2 Å². The second-order valence-corrected chi connectivity index (χ2v) is 5.90. The molecule has 0 radical (unpaired) electrons. The number of nitrogens with two attached hydrogens (primary N) is 1. The first-order valence-electron chi connectivity index (χ1n) is 7.85. The average Bonchev–Trinajstić information content (AvgIpc) is 2.87. The summed E-state index contributed by atoms with van der Waals surface area (Å²) in [5, 5.41) is 4.48. The Labute approximate surface area is 133 Å². The van der Waals surface area contributed by atoms with Crippen LogP contribution in [0.1, 0.15) is 36.8 Å². The Morgan fingerprint density at radius 2 is 2.04 bits per heavy atom. The summed E-state index contributed by atoms with van der Waals surface area (Å²) in [6, 6.07) is 5.71. The summed E-state index contributed by atoms with van der Waals surface area (Å²) in [7, 11) is 0. The van der Waals surface area contributed by atoms with Crippen LogP contribution in [0.25, 0.3) is 5.69 Å². The Balaban J connectivity index is 1.74. The number of ether oxygens (including phenoxy) is 2. The lowest BCUT2D eigenvalue weighted by Gasteiger charge is -2.25. The predicted molar refractivity (Wildman–Crippen MR) is 81.8 cm³/mol. The Hall–Kier alpha value is -2.57. The molecule has 2 aromatic rings. The summed E-state index contributed by atoms with van der Waals surface area (Å²) in [6.45, 7) is 1.10. The lowest BCUT2D eigenvalue weighted by molar-refractivity contribution is -0.117. The molecule has 0 saturated heterocycles. The van der Waals surface area contributed by atoms with Crippen LogP contribution in [0.4, 0.5) is 0 Å². The highest BCUT2D eigenvalue weighted by Gasteiger charge is 2.27. The Morgan fingerprint density at radius 3 is 2.74 bits per heavy atom. The van der Waals surface area contributed by atoms with Crippen LogP contribution >= 0.6 is 0 Å². The van der Waals surface area contributed by atoms with Crippen molar-refractivity contribution in [3.05, 3.63) is 29.8 Å². The summed E-state index contributed by atoms with van der Waals surface area (Å²) in [4.78, 5) is 15.7. The summed E-state index contributed by atoms with van der Waals surface area (Å²) in [5.74, 6) is 2.77. The quantitative estimate of drug-likeness (QED) is 0.919. The van der Waals surface area contributed by atoms with Gasteiger partial charge in [-0.15, -0.1) is 0 Å². The van der Waals surface area contributed by atoms with Gasteiger partial charge < -0.3 is 15.2 Å². The van der Waals surface area contributed by atoms with Crippen LogP contribution < -0.4 is 15.2 Å². The minimum Gasteiger partial charge on any atom is -0.486 e. The number of carbonyl (C=O) groups is 1. The molecule has 2 aliphatic rings. The lowest BCUT2D eigenvalue weighted by atomic mass is 9.85. The summed E-state index contributed by atoms with van der Waals surface area (Å²) in [5.41, 5.74) is 6.13. The third kappa shape index (κ3) is 2.62. The molecule has 0 bridgehead atoms. The smallest absolute Gasteiger partial charge is 0.225 e. The van der Waals surface area contributed by atoms with Crippen LogP contribution in [0.15, 0.2) is 18.2 Å². The van der Waals surface area contributed by atoms with E-state index in [9.17, 15) is 4.79 Å². The zero-order valence-electron chi connectivity index (χ0n) is 12.7. The molecule has 23 heavy (non-hydrogen) atoms. The van der Waals surface area contributed by atoms with E-state index in [2.05, 4.69) is 10.1 Å². The van der Waals surface area contributed by atoms with Crippen molar-refractivity contribution in [2.24, 2.45) is 5.73 Å². The van der Waals surface area contributed by atoms with E-state index in [1.165, 1.54) is 6.42 Å². The molecule has 1 fully saturated rings. The average molecular weight is 314 g/mol. The molecule has 2 N–H and O–H groups in total. The van der Waals surface area contributed by atoms with Gasteiger partial charge in [-0.1, -0.05) is 6.42 Å². The summed E-state index contributed by atoms with van der Waals surface area (Å²) < 4.78 is 13.0. The van der Waals surface area contributed by atoms with Crippen LogP contribution in [-0.4, -0.2) is 33.9 Å². The Bertz CT molecular complexity index is 752. The van der Waals surface area contributed by atoms with Crippen LogP contribution in [0.2, 0.25) is 0 Å². The van der Waals surface area contributed by atoms with E-state index in [-0.39, 0.29) is 6.42 Å². The largest absolute Gasteiger partial charge is 0.486 e. The van der Waals surface area contributed by atoms with E-state index in [0.29, 0.717) is 30.7 Å². The van der Waals surface area contributed by atoms with Crippen molar-refractivity contribution in [3.8, 4) is 17.2 Å². The SMILES string of the molecule is NC(=O)Cc1nc(C2CCC2)n(-c2ccc3c(c2)OCCO3)n1. The van der Waals surface area contributed by atoms with E-state index in [1.54, 1.807) is 4.68 Å². The first-order chi connectivity index (χ1) is 11.2. The van der Waals surface area contributed by atoms with Gasteiger partial charge in [0.25, 0.3) is 0 Å². The normalized spacial score (nSPS) is 16.9. The number of primary amides is 1. The molecular weight excluding hydrogens is 296 g/mol. The molecule has 1 aromatic heterocycles. The van der Waals surface area contributed by atoms with Crippen molar-refractivity contribution in [2.75, 3.05) is 13.2 Å². The third-order valence-electron chi connectivity index (χ3n) is 4.25. The number of aromatic nitrogens is 3. The fourth-order valence-electron chi connectivity index (χ4n) is 2.88. The standard InChI is InChI=1S/C16H18N4O3/c17-14(21)9-15-18-16(10-2-1-3-10)20(19-15)11-4-5-12-13(8-11)23-7-6-22-12/h4-5,8,10H,1-3,6-7,9H2,(H2,17,21). The molecule has 0 unspecified atom stereocenters. The van der Waals surface area contributed by atoms with Crippen molar-refractivity contribution >= 4 is 5.91 Å². The van der Waals surface area contributed by atoms with Crippen molar-refractivity contribution in [3.63, 3.8) is 0 Å². The van der Waals surface area contributed by atoms with Gasteiger partial charge in [-0.05, 0) is 25.0 Å². The Kier molecular flexibility index (Phi) is 3.40. The molecule has 1 aliphatic heterocycles. The molecule has 1 aromatic carbocycles. The van der Waals surface area contributed by atoms with Crippen LogP contribution in [0, 0.1) is 0 Å². The van der Waals surface area contributed by atoms with E-state index >= 15 is 0 Å². The number of amides is 1. The topological polar surface area (TPSA) is 92.3 Å². The van der Waals surface area contributed by atoms with Crippen molar-refractivity contribution in [1.82, 2.24) is 14.8 Å². The van der Waals surface area contributed by atoms with Gasteiger partial charge in [0.1, 0.15) is 19.0 Å². The van der Waals surface area contributed by atoms with E-state index < -0.39 is 5.91 Å². The van der Waals surface area contributed by atoms with E-state index in [4.69, 9.17) is 15.2 Å². The van der Waals surface area contributed by atoms with Crippen molar-refractivity contribution < 1.29 is 14.3 Å². The van der Waals surface area contributed by atoms with Gasteiger partial charge in [0.2, 0.25) is 5.91 Å².